The number of fused-ring (bicyclic) bond motifs is 1. The Kier molecular flexibility index (Phi) is 5.79. The van der Waals surface area contributed by atoms with Gasteiger partial charge in [-0.25, -0.2) is 9.18 Å². The lowest BCUT2D eigenvalue weighted by Crippen LogP contribution is -2.39. The van der Waals surface area contributed by atoms with Crippen LogP contribution < -0.4 is 5.32 Å². The van der Waals surface area contributed by atoms with Gasteiger partial charge in [0.1, 0.15) is 17.5 Å². The molecule has 156 valence electrons. The lowest BCUT2D eigenvalue weighted by Gasteiger charge is -2.21. The second kappa shape index (κ2) is 8.15. The predicted molar refractivity (Wildman–Crippen MR) is 113 cm³/mol. The number of aromatic nitrogens is 2. The standard InChI is InChI=1S/C23H25FN4O2/c1-14-12-28-13-17(10-21(28)15(2)26-14)19-7-6-16(9-20(19)24)8-18(11-25)27-22(29)30-23(3,4)5/h6-7,9-10,12-13,18H,8H2,1-5H3,(H,27,29)/t18-/m0/s1. The molecule has 7 heteroatoms. The van der Waals surface area contributed by atoms with Crippen molar-refractivity contribution in [3.63, 3.8) is 0 Å². The van der Waals surface area contributed by atoms with Gasteiger partial charge in [-0.2, -0.15) is 5.26 Å². The molecule has 3 aromatic rings. The van der Waals surface area contributed by atoms with Crippen molar-refractivity contribution in [1.29, 1.82) is 5.26 Å². The van der Waals surface area contributed by atoms with Crippen LogP contribution in [-0.4, -0.2) is 27.1 Å². The third kappa shape index (κ3) is 4.95. The number of amides is 1. The van der Waals surface area contributed by atoms with Crippen LogP contribution >= 0.6 is 0 Å². The first-order chi connectivity index (χ1) is 14.1. The Morgan fingerprint density at radius 2 is 2.03 bits per heavy atom. The molecule has 0 aliphatic heterocycles. The van der Waals surface area contributed by atoms with Crippen molar-refractivity contribution in [2.75, 3.05) is 0 Å². The number of halogens is 1. The van der Waals surface area contributed by atoms with Gasteiger partial charge in [-0.05, 0) is 52.3 Å². The molecular formula is C23H25FN4O2. The van der Waals surface area contributed by atoms with E-state index < -0.39 is 17.7 Å². The maximum atomic E-state index is 14.9. The molecule has 0 bridgehead atoms. The molecular weight excluding hydrogens is 383 g/mol. The number of carbonyl (C=O) groups is 1. The highest BCUT2D eigenvalue weighted by molar-refractivity contribution is 5.72. The number of benzene rings is 1. The molecule has 0 aliphatic carbocycles. The van der Waals surface area contributed by atoms with Crippen LogP contribution in [0.5, 0.6) is 0 Å². The van der Waals surface area contributed by atoms with Gasteiger partial charge in [0.2, 0.25) is 0 Å². The average Bonchev–Trinajstić information content (AvgIpc) is 3.03. The van der Waals surface area contributed by atoms with E-state index in [0.717, 1.165) is 22.5 Å². The van der Waals surface area contributed by atoms with Crippen LogP contribution in [0.1, 0.15) is 37.7 Å². The molecule has 0 unspecified atom stereocenters. The van der Waals surface area contributed by atoms with Crippen LogP contribution in [0.3, 0.4) is 0 Å². The van der Waals surface area contributed by atoms with Crippen LogP contribution in [0.25, 0.3) is 16.6 Å². The normalized spacial score (nSPS) is 12.4. The van der Waals surface area contributed by atoms with Crippen LogP contribution in [0.4, 0.5) is 9.18 Å². The minimum atomic E-state index is -0.820. The summed E-state index contributed by atoms with van der Waals surface area (Å²) in [5.41, 5.74) is 3.85. The van der Waals surface area contributed by atoms with Crippen LogP contribution in [0.15, 0.2) is 36.7 Å². The zero-order valence-corrected chi connectivity index (χ0v) is 17.8. The topological polar surface area (TPSA) is 79.4 Å². The first kappa shape index (κ1) is 21.3. The number of hydrogen-bond donors (Lipinski definition) is 1. The lowest BCUT2D eigenvalue weighted by molar-refractivity contribution is 0.0516. The number of alkyl carbamates (subject to hydrolysis) is 1. The summed E-state index contributed by atoms with van der Waals surface area (Å²) < 4.78 is 22.0. The summed E-state index contributed by atoms with van der Waals surface area (Å²) in [6.07, 6.45) is 3.27. The number of hydrogen-bond acceptors (Lipinski definition) is 4. The molecule has 2 aromatic heterocycles. The fourth-order valence-corrected chi connectivity index (χ4v) is 3.31. The molecule has 2 heterocycles. The Morgan fingerprint density at radius 1 is 1.30 bits per heavy atom. The quantitative estimate of drug-likeness (QED) is 0.678. The Labute approximate surface area is 175 Å². The maximum absolute atomic E-state index is 14.9. The largest absolute Gasteiger partial charge is 0.444 e. The minimum absolute atomic E-state index is 0.174. The smallest absolute Gasteiger partial charge is 0.408 e. The molecule has 0 fully saturated rings. The van der Waals surface area contributed by atoms with E-state index in [2.05, 4.69) is 10.3 Å². The number of carbonyl (C=O) groups excluding carboxylic acids is 1. The van der Waals surface area contributed by atoms with E-state index in [4.69, 9.17) is 4.74 Å². The monoisotopic (exact) mass is 408 g/mol. The predicted octanol–water partition coefficient (Wildman–Crippen LogP) is 4.72. The van der Waals surface area contributed by atoms with Gasteiger partial charge in [0.25, 0.3) is 0 Å². The maximum Gasteiger partial charge on any atom is 0.408 e. The van der Waals surface area contributed by atoms with E-state index in [1.165, 1.54) is 6.07 Å². The highest BCUT2D eigenvalue weighted by Gasteiger charge is 2.20. The fourth-order valence-electron chi connectivity index (χ4n) is 3.31. The number of aryl methyl sites for hydroxylation is 2. The molecule has 1 atom stereocenters. The Morgan fingerprint density at radius 3 is 2.67 bits per heavy atom. The Hall–Kier alpha value is -3.40. The third-order valence-corrected chi connectivity index (χ3v) is 4.52. The molecule has 0 saturated carbocycles. The van der Waals surface area contributed by atoms with E-state index in [-0.39, 0.29) is 12.2 Å². The van der Waals surface area contributed by atoms with E-state index >= 15 is 0 Å². The van der Waals surface area contributed by atoms with Gasteiger partial charge < -0.3 is 14.5 Å². The number of rotatable bonds is 4. The summed E-state index contributed by atoms with van der Waals surface area (Å²) in [4.78, 5) is 16.3. The third-order valence-electron chi connectivity index (χ3n) is 4.52. The van der Waals surface area contributed by atoms with E-state index in [0.29, 0.717) is 11.1 Å². The van der Waals surface area contributed by atoms with Crippen LogP contribution in [-0.2, 0) is 11.2 Å². The van der Waals surface area contributed by atoms with Gasteiger partial charge in [0.15, 0.2) is 0 Å². The molecule has 1 N–H and O–H groups in total. The number of nitriles is 1. The number of ether oxygens (including phenoxy) is 1. The molecule has 0 aliphatic rings. The highest BCUT2D eigenvalue weighted by Crippen LogP contribution is 2.27. The minimum Gasteiger partial charge on any atom is -0.444 e. The van der Waals surface area contributed by atoms with Crippen molar-refractivity contribution in [3.05, 3.63) is 59.4 Å². The van der Waals surface area contributed by atoms with Crippen molar-refractivity contribution in [2.24, 2.45) is 0 Å². The second-order valence-corrected chi connectivity index (χ2v) is 8.34. The van der Waals surface area contributed by atoms with Crippen molar-refractivity contribution in [1.82, 2.24) is 14.7 Å². The first-order valence-electron chi connectivity index (χ1n) is 9.69. The van der Waals surface area contributed by atoms with Gasteiger partial charge in [0.05, 0.1) is 23.0 Å². The van der Waals surface area contributed by atoms with Crippen LogP contribution in [0, 0.1) is 31.0 Å². The Bertz CT molecular complexity index is 1140. The summed E-state index contributed by atoms with van der Waals surface area (Å²) in [5, 5.41) is 11.9. The van der Waals surface area contributed by atoms with Crippen LogP contribution in [0.2, 0.25) is 0 Å². The molecule has 0 spiro atoms. The molecule has 30 heavy (non-hydrogen) atoms. The summed E-state index contributed by atoms with van der Waals surface area (Å²) in [6, 6.07) is 7.95. The van der Waals surface area contributed by atoms with Crippen molar-refractivity contribution < 1.29 is 13.9 Å². The molecule has 6 nitrogen and oxygen atoms in total. The van der Waals surface area contributed by atoms with Gasteiger partial charge in [0, 0.05) is 29.9 Å². The SMILES string of the molecule is Cc1cn2cc(-c3ccc(C[C@@H](C#N)NC(=O)OC(C)(C)C)cc3F)cc2c(C)n1. The summed E-state index contributed by atoms with van der Waals surface area (Å²) in [5.74, 6) is -0.389. The van der Waals surface area contributed by atoms with Gasteiger partial charge in [-0.1, -0.05) is 12.1 Å². The zero-order valence-electron chi connectivity index (χ0n) is 17.8. The van der Waals surface area contributed by atoms with Crippen molar-refractivity contribution in [3.8, 4) is 17.2 Å². The van der Waals surface area contributed by atoms with Crippen molar-refractivity contribution >= 4 is 11.6 Å². The average molecular weight is 408 g/mol. The first-order valence-corrected chi connectivity index (χ1v) is 9.69. The fraction of sp³-hybridized carbons (Fsp3) is 0.348. The number of nitrogens with zero attached hydrogens (tertiary/aromatic N) is 3. The molecule has 0 saturated heterocycles. The molecule has 3 rings (SSSR count). The van der Waals surface area contributed by atoms with E-state index in [1.54, 1.807) is 32.9 Å². The van der Waals surface area contributed by atoms with Gasteiger partial charge >= 0.3 is 6.09 Å². The van der Waals surface area contributed by atoms with Gasteiger partial charge in [-0.15, -0.1) is 0 Å². The van der Waals surface area contributed by atoms with Crippen molar-refractivity contribution in [2.45, 2.75) is 52.7 Å². The molecule has 0 radical (unpaired) electrons. The summed E-state index contributed by atoms with van der Waals surface area (Å²) in [6.45, 7) is 9.06. The molecule has 1 amide bonds. The number of nitrogens with one attached hydrogen (secondary N) is 1. The van der Waals surface area contributed by atoms with E-state index in [9.17, 15) is 14.4 Å². The summed E-state index contributed by atoms with van der Waals surface area (Å²) >= 11 is 0. The summed E-state index contributed by atoms with van der Waals surface area (Å²) in [7, 11) is 0. The Balaban J connectivity index is 1.79. The lowest BCUT2D eigenvalue weighted by atomic mass is 10.0. The molecule has 1 aromatic carbocycles. The highest BCUT2D eigenvalue weighted by atomic mass is 19.1. The van der Waals surface area contributed by atoms with E-state index in [1.807, 2.05) is 42.8 Å². The zero-order chi connectivity index (χ0) is 22.1. The second-order valence-electron chi connectivity index (χ2n) is 8.34. The van der Waals surface area contributed by atoms with Gasteiger partial charge in [-0.3, -0.25) is 4.98 Å².